The van der Waals surface area contributed by atoms with Crippen LogP contribution in [0.1, 0.15) is 18.9 Å². The minimum atomic E-state index is -0.731. The molecule has 100 valence electrons. The summed E-state index contributed by atoms with van der Waals surface area (Å²) in [5, 5.41) is 5.12. The summed E-state index contributed by atoms with van der Waals surface area (Å²) < 4.78 is 0. The number of amides is 3. The number of imide groups is 1. The standard InChI is InChI=1S/C14H17N3O2/c1-10-7-14(12(18)15-13(19)16-14)9-17(10)8-11-5-3-2-4-6-11/h2-6,10H,7-9H2,1H3,(H2,15,16,18,19)/t10-,14-/m1/s1. The molecule has 19 heavy (non-hydrogen) atoms. The first kappa shape index (κ1) is 12.2. The maximum atomic E-state index is 11.9. The highest BCUT2D eigenvalue weighted by Gasteiger charge is 2.52. The predicted molar refractivity (Wildman–Crippen MR) is 70.3 cm³/mol. The molecule has 0 bridgehead atoms. The average molecular weight is 259 g/mol. The first-order chi connectivity index (χ1) is 9.09. The van der Waals surface area contributed by atoms with Crippen molar-refractivity contribution in [2.24, 2.45) is 0 Å². The van der Waals surface area contributed by atoms with E-state index in [-0.39, 0.29) is 18.0 Å². The summed E-state index contributed by atoms with van der Waals surface area (Å²) in [6, 6.07) is 10.0. The second-order valence-corrected chi connectivity index (χ2v) is 5.43. The molecule has 0 aromatic heterocycles. The highest BCUT2D eigenvalue weighted by atomic mass is 16.2. The van der Waals surface area contributed by atoms with Crippen molar-refractivity contribution in [3.8, 4) is 0 Å². The Morgan fingerprint density at radius 1 is 1.32 bits per heavy atom. The van der Waals surface area contributed by atoms with Crippen LogP contribution in [0.3, 0.4) is 0 Å². The second kappa shape index (κ2) is 4.35. The van der Waals surface area contributed by atoms with Crippen LogP contribution < -0.4 is 10.6 Å². The van der Waals surface area contributed by atoms with Gasteiger partial charge in [0.25, 0.3) is 5.91 Å². The number of carbonyl (C=O) groups is 2. The Hall–Kier alpha value is -1.88. The molecule has 0 saturated carbocycles. The number of rotatable bonds is 2. The van der Waals surface area contributed by atoms with Gasteiger partial charge in [0, 0.05) is 19.1 Å². The molecule has 0 unspecified atom stereocenters. The lowest BCUT2D eigenvalue weighted by Gasteiger charge is -2.22. The van der Waals surface area contributed by atoms with Gasteiger partial charge >= 0.3 is 6.03 Å². The monoisotopic (exact) mass is 259 g/mol. The van der Waals surface area contributed by atoms with Crippen molar-refractivity contribution >= 4 is 11.9 Å². The number of benzene rings is 1. The molecule has 2 N–H and O–H groups in total. The van der Waals surface area contributed by atoms with E-state index in [9.17, 15) is 9.59 Å². The highest BCUT2D eigenvalue weighted by Crippen LogP contribution is 2.30. The molecule has 0 radical (unpaired) electrons. The van der Waals surface area contributed by atoms with Crippen molar-refractivity contribution in [3.63, 3.8) is 0 Å². The highest BCUT2D eigenvalue weighted by molar-refractivity contribution is 6.07. The second-order valence-electron chi connectivity index (χ2n) is 5.43. The van der Waals surface area contributed by atoms with Crippen molar-refractivity contribution in [1.82, 2.24) is 15.5 Å². The van der Waals surface area contributed by atoms with Gasteiger partial charge in [-0.3, -0.25) is 15.0 Å². The van der Waals surface area contributed by atoms with Crippen LogP contribution in [-0.4, -0.2) is 35.0 Å². The molecule has 5 heteroatoms. The first-order valence-corrected chi connectivity index (χ1v) is 6.51. The molecule has 2 heterocycles. The summed E-state index contributed by atoms with van der Waals surface area (Å²) in [6.45, 7) is 3.46. The lowest BCUT2D eigenvalue weighted by atomic mass is 9.97. The van der Waals surface area contributed by atoms with Crippen molar-refractivity contribution < 1.29 is 9.59 Å². The third-order valence-corrected chi connectivity index (χ3v) is 3.98. The smallest absolute Gasteiger partial charge is 0.322 e. The van der Waals surface area contributed by atoms with Crippen LogP contribution in [0.4, 0.5) is 4.79 Å². The third-order valence-electron chi connectivity index (χ3n) is 3.98. The van der Waals surface area contributed by atoms with Crippen LogP contribution >= 0.6 is 0 Å². The summed E-state index contributed by atoms with van der Waals surface area (Å²) in [7, 11) is 0. The molecule has 3 rings (SSSR count). The summed E-state index contributed by atoms with van der Waals surface area (Å²) in [5.41, 5.74) is 0.488. The fraction of sp³-hybridized carbons (Fsp3) is 0.429. The van der Waals surface area contributed by atoms with E-state index in [1.165, 1.54) is 5.56 Å². The SMILES string of the molecule is C[C@@H]1C[C@]2(CN1Cc1ccccc1)NC(=O)NC2=O. The van der Waals surface area contributed by atoms with E-state index in [4.69, 9.17) is 0 Å². The van der Waals surface area contributed by atoms with E-state index in [0.29, 0.717) is 13.0 Å². The van der Waals surface area contributed by atoms with Crippen molar-refractivity contribution in [2.75, 3.05) is 6.54 Å². The van der Waals surface area contributed by atoms with Gasteiger partial charge in [-0.25, -0.2) is 4.79 Å². The molecule has 2 atom stereocenters. The number of hydrogen-bond donors (Lipinski definition) is 2. The quantitative estimate of drug-likeness (QED) is 0.774. The summed E-state index contributed by atoms with van der Waals surface area (Å²) in [4.78, 5) is 25.5. The Morgan fingerprint density at radius 3 is 2.68 bits per heavy atom. The molecule has 0 aliphatic carbocycles. The molecule has 1 spiro atoms. The van der Waals surface area contributed by atoms with Gasteiger partial charge in [0.05, 0.1) is 0 Å². The van der Waals surface area contributed by atoms with Crippen LogP contribution in [0, 0.1) is 0 Å². The van der Waals surface area contributed by atoms with E-state index in [1.807, 2.05) is 18.2 Å². The molecule has 2 fully saturated rings. The fourth-order valence-electron chi connectivity index (χ4n) is 3.01. The van der Waals surface area contributed by atoms with Crippen LogP contribution in [0.15, 0.2) is 30.3 Å². The zero-order chi connectivity index (χ0) is 13.5. The lowest BCUT2D eigenvalue weighted by molar-refractivity contribution is -0.123. The van der Waals surface area contributed by atoms with Crippen molar-refractivity contribution in [1.29, 1.82) is 0 Å². The number of nitrogens with one attached hydrogen (secondary N) is 2. The van der Waals surface area contributed by atoms with E-state index in [1.54, 1.807) is 0 Å². The topological polar surface area (TPSA) is 61.4 Å². The van der Waals surface area contributed by atoms with Gasteiger partial charge in [-0.15, -0.1) is 0 Å². The Kier molecular flexibility index (Phi) is 2.78. The Bertz CT molecular complexity index is 517. The minimum Gasteiger partial charge on any atom is -0.322 e. The van der Waals surface area contributed by atoms with Crippen LogP contribution in [0.25, 0.3) is 0 Å². The van der Waals surface area contributed by atoms with Gasteiger partial charge in [-0.05, 0) is 18.9 Å². The predicted octanol–water partition coefficient (Wildman–Crippen LogP) is 0.859. The zero-order valence-corrected chi connectivity index (χ0v) is 10.8. The van der Waals surface area contributed by atoms with Crippen LogP contribution in [-0.2, 0) is 11.3 Å². The molecule has 2 saturated heterocycles. The zero-order valence-electron chi connectivity index (χ0n) is 10.8. The number of hydrogen-bond acceptors (Lipinski definition) is 3. The van der Waals surface area contributed by atoms with Gasteiger partial charge in [0.1, 0.15) is 5.54 Å². The Balaban J connectivity index is 1.76. The Labute approximate surface area is 112 Å². The molecule has 2 aliphatic heterocycles. The molecule has 1 aromatic rings. The normalized spacial score (nSPS) is 30.7. The van der Waals surface area contributed by atoms with Crippen molar-refractivity contribution in [2.45, 2.75) is 31.5 Å². The van der Waals surface area contributed by atoms with E-state index in [0.717, 1.165) is 6.54 Å². The van der Waals surface area contributed by atoms with Crippen LogP contribution in [0.2, 0.25) is 0 Å². The van der Waals surface area contributed by atoms with E-state index >= 15 is 0 Å². The minimum absolute atomic E-state index is 0.195. The number of nitrogens with zero attached hydrogens (tertiary/aromatic N) is 1. The lowest BCUT2D eigenvalue weighted by Crippen LogP contribution is -2.48. The summed E-state index contributed by atoms with van der Waals surface area (Å²) >= 11 is 0. The summed E-state index contributed by atoms with van der Waals surface area (Å²) in [6.07, 6.45) is 0.664. The van der Waals surface area contributed by atoms with Gasteiger partial charge in [-0.1, -0.05) is 30.3 Å². The van der Waals surface area contributed by atoms with E-state index in [2.05, 4.69) is 34.6 Å². The molecule has 3 amide bonds. The third kappa shape index (κ3) is 2.10. The first-order valence-electron chi connectivity index (χ1n) is 6.51. The number of carbonyl (C=O) groups excluding carboxylic acids is 2. The molecule has 5 nitrogen and oxygen atoms in total. The average Bonchev–Trinajstić information content (AvgIpc) is 2.81. The van der Waals surface area contributed by atoms with Gasteiger partial charge in [0.2, 0.25) is 0 Å². The number of urea groups is 1. The summed E-state index contributed by atoms with van der Waals surface area (Å²) in [5.74, 6) is -0.195. The van der Waals surface area contributed by atoms with E-state index < -0.39 is 5.54 Å². The molecular formula is C14H17N3O2. The fourth-order valence-corrected chi connectivity index (χ4v) is 3.01. The van der Waals surface area contributed by atoms with Gasteiger partial charge in [0.15, 0.2) is 0 Å². The largest absolute Gasteiger partial charge is 0.322 e. The molecule has 1 aromatic carbocycles. The Morgan fingerprint density at radius 2 is 2.05 bits per heavy atom. The van der Waals surface area contributed by atoms with Crippen LogP contribution in [0.5, 0.6) is 0 Å². The maximum absolute atomic E-state index is 11.9. The van der Waals surface area contributed by atoms with Gasteiger partial charge < -0.3 is 5.32 Å². The van der Waals surface area contributed by atoms with Crippen molar-refractivity contribution in [3.05, 3.63) is 35.9 Å². The number of likely N-dealkylation sites (tertiary alicyclic amines) is 1. The maximum Gasteiger partial charge on any atom is 0.322 e. The van der Waals surface area contributed by atoms with Gasteiger partial charge in [-0.2, -0.15) is 0 Å². The molecular weight excluding hydrogens is 242 g/mol. The molecule has 2 aliphatic rings.